The fraction of sp³-hybridized carbons (Fsp3) is 0.562. The van der Waals surface area contributed by atoms with Crippen LogP contribution in [0.4, 0.5) is 0 Å². The van der Waals surface area contributed by atoms with Gasteiger partial charge < -0.3 is 9.52 Å². The van der Waals surface area contributed by atoms with Crippen molar-refractivity contribution in [1.82, 2.24) is 4.98 Å². The fourth-order valence-electron chi connectivity index (χ4n) is 2.95. The van der Waals surface area contributed by atoms with Crippen LogP contribution < -0.4 is 0 Å². The molecule has 126 valence electrons. The third-order valence-electron chi connectivity index (χ3n) is 4.21. The van der Waals surface area contributed by atoms with Gasteiger partial charge in [-0.25, -0.2) is 13.4 Å². The van der Waals surface area contributed by atoms with E-state index in [2.05, 4.69) is 4.98 Å². The number of hydrogen-bond donors (Lipinski definition) is 1. The topological polar surface area (TPSA) is 80.4 Å². The van der Waals surface area contributed by atoms with Gasteiger partial charge in [0, 0.05) is 5.41 Å². The van der Waals surface area contributed by atoms with E-state index in [1.54, 1.807) is 6.07 Å². The summed E-state index contributed by atoms with van der Waals surface area (Å²) >= 11 is 6.19. The lowest BCUT2D eigenvalue weighted by molar-refractivity contribution is 0.185. The minimum atomic E-state index is -3.79. The van der Waals surface area contributed by atoms with Crippen LogP contribution in [0.1, 0.15) is 45.9 Å². The Balaban J connectivity index is 2.24. The first-order chi connectivity index (χ1) is 10.6. The van der Waals surface area contributed by atoms with E-state index in [0.29, 0.717) is 30.7 Å². The molecule has 23 heavy (non-hydrogen) atoms. The van der Waals surface area contributed by atoms with Crippen molar-refractivity contribution in [2.24, 2.45) is 0 Å². The number of aliphatic hydroxyl groups excluding tert-OH is 1. The molecule has 0 radical (unpaired) electrons. The summed E-state index contributed by atoms with van der Waals surface area (Å²) in [4.78, 5) is 4.34. The summed E-state index contributed by atoms with van der Waals surface area (Å²) in [5.74, 6) is 0.457. The number of fused-ring (bicyclic) bond motifs is 1. The zero-order chi connectivity index (χ0) is 17.0. The smallest absolute Gasteiger partial charge is 0.200 e. The van der Waals surface area contributed by atoms with Crippen LogP contribution in [-0.2, 0) is 15.3 Å². The zero-order valence-electron chi connectivity index (χ0n) is 13.3. The quantitative estimate of drug-likeness (QED) is 0.890. The van der Waals surface area contributed by atoms with Crippen LogP contribution in [0.3, 0.4) is 0 Å². The van der Waals surface area contributed by atoms with Crippen molar-refractivity contribution in [3.05, 3.63) is 23.0 Å². The normalized spacial score (nSPS) is 22.8. The molecule has 0 unspecified atom stereocenters. The van der Waals surface area contributed by atoms with Gasteiger partial charge in [-0.1, -0.05) is 32.4 Å². The first-order valence-electron chi connectivity index (χ1n) is 7.64. The minimum absolute atomic E-state index is 0.0504. The van der Waals surface area contributed by atoms with E-state index in [0.717, 1.165) is 0 Å². The van der Waals surface area contributed by atoms with E-state index in [9.17, 15) is 13.5 Å². The lowest BCUT2D eigenvalue weighted by Gasteiger charge is -2.16. The van der Waals surface area contributed by atoms with Crippen molar-refractivity contribution in [1.29, 1.82) is 0 Å². The van der Waals surface area contributed by atoms with Crippen LogP contribution in [-0.4, -0.2) is 29.9 Å². The highest BCUT2D eigenvalue weighted by Gasteiger charge is 2.40. The standard InChI is InChI=1S/C16H20ClNO4S/c1-16(2,3)15-18-10-8-7-9(17)14(13(10)22-15)23(20,21)12-6-4-5-11(12)19/h7-8,11-12,19H,4-6H2,1-3H3/t11-,12-/m0/s1. The highest BCUT2D eigenvalue weighted by Crippen LogP contribution is 2.39. The third-order valence-corrected chi connectivity index (χ3v) is 6.95. The molecule has 1 aliphatic carbocycles. The molecule has 0 spiro atoms. The Hall–Kier alpha value is -1.11. The molecule has 2 aromatic rings. The Morgan fingerprint density at radius 1 is 1.30 bits per heavy atom. The second-order valence-corrected chi connectivity index (χ2v) is 9.59. The SMILES string of the molecule is CC(C)(C)c1nc2ccc(Cl)c(S(=O)(=O)[C@H]3CCC[C@@H]3O)c2o1. The molecule has 0 bridgehead atoms. The highest BCUT2D eigenvalue weighted by molar-refractivity contribution is 7.92. The van der Waals surface area contributed by atoms with E-state index in [4.69, 9.17) is 16.0 Å². The molecule has 1 saturated carbocycles. The highest BCUT2D eigenvalue weighted by atomic mass is 35.5. The number of rotatable bonds is 2. The van der Waals surface area contributed by atoms with Crippen molar-refractivity contribution < 1.29 is 17.9 Å². The van der Waals surface area contributed by atoms with Gasteiger partial charge in [0.15, 0.2) is 15.4 Å². The molecule has 3 rings (SSSR count). The molecule has 0 saturated heterocycles. The number of sulfone groups is 1. The fourth-order valence-corrected chi connectivity index (χ4v) is 5.49. The molecule has 1 heterocycles. The molecule has 1 aromatic heterocycles. The molecule has 1 fully saturated rings. The van der Waals surface area contributed by atoms with Crippen molar-refractivity contribution >= 4 is 32.5 Å². The maximum Gasteiger partial charge on any atom is 0.200 e. The van der Waals surface area contributed by atoms with Crippen molar-refractivity contribution in [2.45, 2.75) is 61.7 Å². The van der Waals surface area contributed by atoms with Gasteiger partial charge in [-0.15, -0.1) is 0 Å². The molecule has 0 amide bonds. The molecule has 1 aliphatic rings. The Morgan fingerprint density at radius 2 is 2.00 bits per heavy atom. The summed E-state index contributed by atoms with van der Waals surface area (Å²) in [7, 11) is -3.79. The summed E-state index contributed by atoms with van der Waals surface area (Å²) in [5.41, 5.74) is 0.297. The number of hydrogen-bond acceptors (Lipinski definition) is 5. The molecule has 1 aromatic carbocycles. The monoisotopic (exact) mass is 357 g/mol. The zero-order valence-corrected chi connectivity index (χ0v) is 14.9. The average Bonchev–Trinajstić information content (AvgIpc) is 3.03. The number of nitrogens with zero attached hydrogens (tertiary/aromatic N) is 1. The number of oxazole rings is 1. The lowest BCUT2D eigenvalue weighted by Crippen LogP contribution is -2.29. The van der Waals surface area contributed by atoms with E-state index in [-0.39, 0.29) is 20.9 Å². The largest absolute Gasteiger partial charge is 0.439 e. The first kappa shape index (κ1) is 16.7. The van der Waals surface area contributed by atoms with Gasteiger partial charge in [0.05, 0.1) is 16.4 Å². The van der Waals surface area contributed by atoms with E-state index >= 15 is 0 Å². The van der Waals surface area contributed by atoms with Crippen molar-refractivity contribution in [3.8, 4) is 0 Å². The first-order valence-corrected chi connectivity index (χ1v) is 9.56. The maximum atomic E-state index is 13.0. The summed E-state index contributed by atoms with van der Waals surface area (Å²) in [6, 6.07) is 3.17. The summed E-state index contributed by atoms with van der Waals surface area (Å²) in [6.45, 7) is 5.82. The molecule has 2 atom stereocenters. The van der Waals surface area contributed by atoms with Gasteiger partial charge in [-0.2, -0.15) is 0 Å². The Labute approximate surface area is 140 Å². The van der Waals surface area contributed by atoms with Crippen LogP contribution in [0.2, 0.25) is 5.02 Å². The molecule has 1 N–H and O–H groups in total. The van der Waals surface area contributed by atoms with Crippen LogP contribution in [0.5, 0.6) is 0 Å². The van der Waals surface area contributed by atoms with Gasteiger partial charge in [-0.3, -0.25) is 0 Å². The van der Waals surface area contributed by atoms with Crippen molar-refractivity contribution in [2.75, 3.05) is 0 Å². The van der Waals surface area contributed by atoms with Gasteiger partial charge >= 0.3 is 0 Å². The second-order valence-electron chi connectivity index (χ2n) is 7.08. The minimum Gasteiger partial charge on any atom is -0.439 e. The second kappa shape index (κ2) is 5.46. The van der Waals surface area contributed by atoms with Gasteiger partial charge in [0.1, 0.15) is 10.4 Å². The molecular formula is C16H20ClNO4S. The molecular weight excluding hydrogens is 338 g/mol. The number of aromatic nitrogens is 1. The van der Waals surface area contributed by atoms with Crippen LogP contribution in [0.15, 0.2) is 21.4 Å². The Kier molecular flexibility index (Phi) is 3.98. The Bertz CT molecular complexity index is 851. The molecule has 5 nitrogen and oxygen atoms in total. The summed E-state index contributed by atoms with van der Waals surface area (Å²) in [5, 5.41) is 9.28. The summed E-state index contributed by atoms with van der Waals surface area (Å²) < 4.78 is 31.8. The van der Waals surface area contributed by atoms with Crippen molar-refractivity contribution in [3.63, 3.8) is 0 Å². The number of benzene rings is 1. The third kappa shape index (κ3) is 2.77. The molecule has 7 heteroatoms. The average molecular weight is 358 g/mol. The Morgan fingerprint density at radius 3 is 2.57 bits per heavy atom. The van der Waals surface area contributed by atoms with E-state index in [1.807, 2.05) is 20.8 Å². The van der Waals surface area contributed by atoms with E-state index < -0.39 is 21.2 Å². The lowest BCUT2D eigenvalue weighted by atomic mass is 9.97. The molecule has 0 aliphatic heterocycles. The van der Waals surface area contributed by atoms with Gasteiger partial charge in [-0.05, 0) is 31.4 Å². The van der Waals surface area contributed by atoms with E-state index in [1.165, 1.54) is 6.07 Å². The van der Waals surface area contributed by atoms with Gasteiger partial charge in [0.2, 0.25) is 5.89 Å². The number of aliphatic hydroxyl groups is 1. The predicted octanol–water partition coefficient (Wildman–Crippen LogP) is 3.47. The van der Waals surface area contributed by atoms with Crippen LogP contribution in [0.25, 0.3) is 11.1 Å². The van der Waals surface area contributed by atoms with Crippen LogP contribution in [0, 0.1) is 0 Å². The predicted molar refractivity (Wildman–Crippen MR) is 88.6 cm³/mol. The maximum absolute atomic E-state index is 13.0. The van der Waals surface area contributed by atoms with Crippen LogP contribution >= 0.6 is 11.6 Å². The number of halogens is 1. The van der Waals surface area contributed by atoms with Gasteiger partial charge in [0.25, 0.3) is 0 Å². The summed E-state index contributed by atoms with van der Waals surface area (Å²) in [6.07, 6.45) is 0.733.